The van der Waals surface area contributed by atoms with Crippen LogP contribution in [0.5, 0.6) is 0 Å². The van der Waals surface area contributed by atoms with E-state index in [2.05, 4.69) is 0 Å². The zero-order valence-electron chi connectivity index (χ0n) is 5.13. The second-order valence-corrected chi connectivity index (χ2v) is 2.65. The second kappa shape index (κ2) is 7.33. The molecule has 0 atom stereocenters. The van der Waals surface area contributed by atoms with Crippen LogP contribution >= 0.6 is 11.8 Å². The maximum Gasteiger partial charge on any atom is 0.0630 e. The first-order chi connectivity index (χ1) is 4.41. The predicted octanol–water partition coefficient (Wildman–Crippen LogP) is 1.55. The maximum atomic E-state index is 8.09. The molecule has 0 bridgehead atoms. The highest BCUT2D eigenvalue weighted by molar-refractivity contribution is 7.99. The van der Waals surface area contributed by atoms with E-state index in [4.69, 9.17) is 10.5 Å². The molecular weight excluding hydrogens is 132 g/mol. The van der Waals surface area contributed by atoms with Crippen molar-refractivity contribution in [3.8, 4) is 12.1 Å². The third kappa shape index (κ3) is 7.33. The first-order valence-electron chi connectivity index (χ1n) is 2.73. The van der Waals surface area contributed by atoms with E-state index in [1.165, 1.54) is 0 Å². The van der Waals surface area contributed by atoms with E-state index in [-0.39, 0.29) is 0 Å². The molecule has 0 aromatic heterocycles. The van der Waals surface area contributed by atoms with E-state index in [0.29, 0.717) is 12.8 Å². The molecule has 2 nitrogen and oxygen atoms in total. The minimum atomic E-state index is 0.593. The molecular formula is C6H8N2S. The van der Waals surface area contributed by atoms with Gasteiger partial charge in [0.25, 0.3) is 0 Å². The summed E-state index contributed by atoms with van der Waals surface area (Å²) < 4.78 is 0. The molecule has 0 radical (unpaired) electrons. The van der Waals surface area contributed by atoms with Crippen molar-refractivity contribution in [1.82, 2.24) is 0 Å². The molecule has 0 N–H and O–H groups in total. The highest BCUT2D eigenvalue weighted by atomic mass is 32.2. The van der Waals surface area contributed by atoms with Crippen LogP contribution in [-0.4, -0.2) is 11.5 Å². The molecule has 0 aliphatic carbocycles. The lowest BCUT2D eigenvalue weighted by atomic mass is 10.5. The molecule has 0 aromatic carbocycles. The standard InChI is InChI=1S/C6H8N2S/c7-3-1-5-9-6-2-4-8/h1-2,5-6H2. The first-order valence-corrected chi connectivity index (χ1v) is 3.89. The quantitative estimate of drug-likeness (QED) is 0.556. The molecule has 0 saturated heterocycles. The summed E-state index contributed by atoms with van der Waals surface area (Å²) in [6, 6.07) is 4.08. The van der Waals surface area contributed by atoms with Crippen LogP contribution in [0.2, 0.25) is 0 Å². The lowest BCUT2D eigenvalue weighted by Crippen LogP contribution is -1.79. The van der Waals surface area contributed by atoms with Gasteiger partial charge in [0.05, 0.1) is 12.1 Å². The van der Waals surface area contributed by atoms with Crippen molar-refractivity contribution in [3.63, 3.8) is 0 Å². The zero-order chi connectivity index (χ0) is 6.95. The summed E-state index contributed by atoms with van der Waals surface area (Å²) in [4.78, 5) is 0. The fraction of sp³-hybridized carbons (Fsp3) is 0.667. The van der Waals surface area contributed by atoms with Gasteiger partial charge in [-0.1, -0.05) is 0 Å². The van der Waals surface area contributed by atoms with E-state index in [9.17, 15) is 0 Å². The molecule has 48 valence electrons. The highest BCUT2D eigenvalue weighted by Gasteiger charge is 1.85. The van der Waals surface area contributed by atoms with Gasteiger partial charge in [-0.15, -0.1) is 0 Å². The Morgan fingerprint density at radius 1 is 1.00 bits per heavy atom. The number of hydrogen-bond acceptors (Lipinski definition) is 3. The Kier molecular flexibility index (Phi) is 6.78. The molecule has 0 heterocycles. The van der Waals surface area contributed by atoms with Crippen LogP contribution in [0, 0.1) is 22.7 Å². The summed E-state index contributed by atoms with van der Waals surface area (Å²) in [6.07, 6.45) is 1.19. The number of rotatable bonds is 4. The molecule has 0 aromatic rings. The van der Waals surface area contributed by atoms with Gasteiger partial charge < -0.3 is 0 Å². The average Bonchev–Trinajstić information content (AvgIpc) is 1.89. The van der Waals surface area contributed by atoms with Crippen LogP contribution in [0.25, 0.3) is 0 Å². The van der Waals surface area contributed by atoms with Crippen molar-refractivity contribution in [2.75, 3.05) is 11.5 Å². The topological polar surface area (TPSA) is 47.6 Å². The van der Waals surface area contributed by atoms with Gasteiger partial charge in [0.1, 0.15) is 0 Å². The number of nitriles is 2. The fourth-order valence-corrected chi connectivity index (χ4v) is 1.01. The molecule has 0 aliphatic heterocycles. The summed E-state index contributed by atoms with van der Waals surface area (Å²) in [5.74, 6) is 1.72. The zero-order valence-corrected chi connectivity index (χ0v) is 5.95. The third-order valence-electron chi connectivity index (χ3n) is 0.716. The van der Waals surface area contributed by atoms with Crippen molar-refractivity contribution in [3.05, 3.63) is 0 Å². The van der Waals surface area contributed by atoms with E-state index < -0.39 is 0 Å². The van der Waals surface area contributed by atoms with Gasteiger partial charge >= 0.3 is 0 Å². The smallest absolute Gasteiger partial charge is 0.0630 e. The van der Waals surface area contributed by atoms with Gasteiger partial charge in [0.2, 0.25) is 0 Å². The van der Waals surface area contributed by atoms with Crippen molar-refractivity contribution in [1.29, 1.82) is 10.5 Å². The van der Waals surface area contributed by atoms with E-state index in [1.54, 1.807) is 11.8 Å². The molecule has 0 unspecified atom stereocenters. The number of thioether (sulfide) groups is 1. The number of hydrogen-bond donors (Lipinski definition) is 0. The summed E-state index contributed by atoms with van der Waals surface area (Å²) in [5.41, 5.74) is 0. The van der Waals surface area contributed by atoms with Crippen LogP contribution in [0.3, 0.4) is 0 Å². The van der Waals surface area contributed by atoms with Crippen LogP contribution in [-0.2, 0) is 0 Å². The van der Waals surface area contributed by atoms with Gasteiger partial charge in [0, 0.05) is 24.3 Å². The fourth-order valence-electron chi connectivity index (χ4n) is 0.338. The molecule has 0 spiro atoms. The molecule has 0 saturated carbocycles. The molecule has 0 aliphatic rings. The SMILES string of the molecule is N#CCCSCCC#N. The average molecular weight is 140 g/mol. The van der Waals surface area contributed by atoms with Gasteiger partial charge in [0.15, 0.2) is 0 Å². The Labute approximate surface area is 59.5 Å². The lowest BCUT2D eigenvalue weighted by Gasteiger charge is -1.89. The summed E-state index contributed by atoms with van der Waals surface area (Å²) in [6.45, 7) is 0. The van der Waals surface area contributed by atoms with Gasteiger partial charge in [-0.25, -0.2) is 0 Å². The Hall–Kier alpha value is -0.670. The van der Waals surface area contributed by atoms with E-state index >= 15 is 0 Å². The Morgan fingerprint density at radius 3 is 1.78 bits per heavy atom. The summed E-state index contributed by atoms with van der Waals surface area (Å²) in [7, 11) is 0. The summed E-state index contributed by atoms with van der Waals surface area (Å²) >= 11 is 1.66. The van der Waals surface area contributed by atoms with Crippen LogP contribution < -0.4 is 0 Å². The Balaban J connectivity index is 2.79. The highest BCUT2D eigenvalue weighted by Crippen LogP contribution is 2.02. The molecule has 0 amide bonds. The van der Waals surface area contributed by atoms with Crippen molar-refractivity contribution < 1.29 is 0 Å². The van der Waals surface area contributed by atoms with Crippen molar-refractivity contribution >= 4 is 11.8 Å². The first kappa shape index (κ1) is 8.33. The molecule has 0 fully saturated rings. The monoisotopic (exact) mass is 140 g/mol. The Bertz CT molecular complexity index is 115. The number of nitrogens with zero attached hydrogens (tertiary/aromatic N) is 2. The lowest BCUT2D eigenvalue weighted by molar-refractivity contribution is 1.21. The maximum absolute atomic E-state index is 8.09. The minimum absolute atomic E-state index is 0.593. The third-order valence-corrected chi connectivity index (χ3v) is 1.70. The summed E-state index contributed by atoms with van der Waals surface area (Å²) in [5, 5.41) is 16.2. The predicted molar refractivity (Wildman–Crippen MR) is 37.8 cm³/mol. The van der Waals surface area contributed by atoms with Gasteiger partial charge in [-0.2, -0.15) is 22.3 Å². The van der Waals surface area contributed by atoms with Gasteiger partial charge in [-0.3, -0.25) is 0 Å². The van der Waals surface area contributed by atoms with E-state index in [1.807, 2.05) is 12.1 Å². The van der Waals surface area contributed by atoms with Crippen LogP contribution in [0.1, 0.15) is 12.8 Å². The second-order valence-electron chi connectivity index (χ2n) is 1.43. The van der Waals surface area contributed by atoms with Crippen LogP contribution in [0.4, 0.5) is 0 Å². The normalized spacial score (nSPS) is 7.78. The minimum Gasteiger partial charge on any atom is -0.198 e. The molecule has 9 heavy (non-hydrogen) atoms. The largest absolute Gasteiger partial charge is 0.198 e. The van der Waals surface area contributed by atoms with Gasteiger partial charge in [-0.05, 0) is 0 Å². The molecule has 3 heteroatoms. The van der Waals surface area contributed by atoms with Crippen LogP contribution in [0.15, 0.2) is 0 Å². The van der Waals surface area contributed by atoms with E-state index in [0.717, 1.165) is 11.5 Å². The Morgan fingerprint density at radius 2 is 1.44 bits per heavy atom. The van der Waals surface area contributed by atoms with Crippen molar-refractivity contribution in [2.45, 2.75) is 12.8 Å². The van der Waals surface area contributed by atoms with Crippen molar-refractivity contribution in [2.24, 2.45) is 0 Å². The molecule has 0 rings (SSSR count).